The molecule has 2 N–H and O–H groups in total. The van der Waals surface area contributed by atoms with Crippen molar-refractivity contribution in [3.8, 4) is 17.2 Å². The summed E-state index contributed by atoms with van der Waals surface area (Å²) < 4.78 is 29.7. The SMILES string of the molecule is COc1cc(C2/C(=C(/O)c3ccc(OC)c(F)c3)C(=O)C(=O)N2Cc2ccco2)ccc1O. The first-order valence-electron chi connectivity index (χ1n) is 9.87. The normalized spacial score (nSPS) is 17.4. The van der Waals surface area contributed by atoms with Crippen LogP contribution in [0.1, 0.15) is 22.9 Å². The topological polar surface area (TPSA) is 109 Å². The molecule has 170 valence electrons. The number of methoxy groups -OCH3 is 2. The van der Waals surface area contributed by atoms with E-state index in [4.69, 9.17) is 13.9 Å². The average molecular weight is 453 g/mol. The van der Waals surface area contributed by atoms with E-state index in [-0.39, 0.29) is 34.9 Å². The number of carbonyl (C=O) groups is 2. The molecule has 1 unspecified atom stereocenters. The summed E-state index contributed by atoms with van der Waals surface area (Å²) in [5.74, 6) is -2.73. The van der Waals surface area contributed by atoms with Crippen molar-refractivity contribution < 1.29 is 38.1 Å². The summed E-state index contributed by atoms with van der Waals surface area (Å²) in [5.41, 5.74) is 0.162. The number of aliphatic hydroxyl groups is 1. The van der Waals surface area contributed by atoms with Gasteiger partial charge in [0.2, 0.25) is 0 Å². The highest BCUT2D eigenvalue weighted by atomic mass is 19.1. The van der Waals surface area contributed by atoms with E-state index in [0.717, 1.165) is 6.07 Å². The fourth-order valence-electron chi connectivity index (χ4n) is 3.79. The highest BCUT2D eigenvalue weighted by Gasteiger charge is 2.46. The number of aromatic hydroxyl groups is 1. The minimum atomic E-state index is -1.05. The molecule has 33 heavy (non-hydrogen) atoms. The van der Waals surface area contributed by atoms with Crippen LogP contribution in [0.4, 0.5) is 4.39 Å². The van der Waals surface area contributed by atoms with Crippen LogP contribution in [0.3, 0.4) is 0 Å². The van der Waals surface area contributed by atoms with E-state index in [1.54, 1.807) is 12.1 Å². The van der Waals surface area contributed by atoms with Crippen molar-refractivity contribution in [1.29, 1.82) is 0 Å². The number of Topliss-reactive ketones (excluding diaryl/α,β-unsaturated/α-hetero) is 1. The molecule has 2 heterocycles. The molecule has 1 amide bonds. The molecule has 0 bridgehead atoms. The summed E-state index contributed by atoms with van der Waals surface area (Å²) in [6.07, 6.45) is 1.44. The number of halogens is 1. The van der Waals surface area contributed by atoms with Crippen LogP contribution in [-0.4, -0.2) is 41.0 Å². The second kappa shape index (κ2) is 8.70. The summed E-state index contributed by atoms with van der Waals surface area (Å²) in [6, 6.07) is 10.3. The smallest absolute Gasteiger partial charge is 0.296 e. The summed E-state index contributed by atoms with van der Waals surface area (Å²) in [5, 5.41) is 21.0. The summed E-state index contributed by atoms with van der Waals surface area (Å²) in [4.78, 5) is 27.2. The van der Waals surface area contributed by atoms with Gasteiger partial charge in [-0.3, -0.25) is 9.59 Å². The van der Waals surface area contributed by atoms with Gasteiger partial charge in [-0.1, -0.05) is 6.07 Å². The molecule has 0 radical (unpaired) electrons. The molecular formula is C24H20FNO7. The van der Waals surface area contributed by atoms with E-state index < -0.39 is 29.3 Å². The number of hydrogen-bond donors (Lipinski definition) is 2. The molecule has 1 saturated heterocycles. The first-order valence-corrected chi connectivity index (χ1v) is 9.87. The summed E-state index contributed by atoms with van der Waals surface area (Å²) in [6.45, 7) is -0.0564. The molecule has 2 aromatic carbocycles. The number of ketones is 1. The lowest BCUT2D eigenvalue weighted by Crippen LogP contribution is -2.29. The Morgan fingerprint density at radius 1 is 1.09 bits per heavy atom. The number of benzene rings is 2. The minimum absolute atomic E-state index is 0.0000388. The van der Waals surface area contributed by atoms with E-state index in [1.165, 1.54) is 55.7 Å². The number of furan rings is 1. The fraction of sp³-hybridized carbons (Fsp3) is 0.167. The maximum Gasteiger partial charge on any atom is 0.296 e. The molecule has 3 aromatic rings. The molecular weight excluding hydrogens is 433 g/mol. The van der Waals surface area contributed by atoms with Crippen LogP contribution in [0, 0.1) is 5.82 Å². The first kappa shape index (κ1) is 21.9. The minimum Gasteiger partial charge on any atom is -0.507 e. The molecule has 1 fully saturated rings. The Morgan fingerprint density at radius 3 is 2.48 bits per heavy atom. The lowest BCUT2D eigenvalue weighted by molar-refractivity contribution is -0.140. The lowest BCUT2D eigenvalue weighted by atomic mass is 9.95. The van der Waals surface area contributed by atoms with E-state index in [2.05, 4.69) is 0 Å². The third-order valence-corrected chi connectivity index (χ3v) is 5.39. The molecule has 9 heteroatoms. The molecule has 8 nitrogen and oxygen atoms in total. The van der Waals surface area contributed by atoms with Crippen LogP contribution in [0.15, 0.2) is 64.8 Å². The van der Waals surface area contributed by atoms with Gasteiger partial charge in [-0.05, 0) is 48.0 Å². The zero-order valence-corrected chi connectivity index (χ0v) is 17.7. The second-order valence-electron chi connectivity index (χ2n) is 7.29. The Labute approximate surface area is 188 Å². The van der Waals surface area contributed by atoms with Crippen molar-refractivity contribution in [1.82, 2.24) is 4.90 Å². The Kier molecular flexibility index (Phi) is 5.78. The van der Waals surface area contributed by atoms with Crippen molar-refractivity contribution in [3.05, 3.63) is 83.1 Å². The van der Waals surface area contributed by atoms with Crippen LogP contribution >= 0.6 is 0 Å². The van der Waals surface area contributed by atoms with Crippen molar-refractivity contribution in [2.24, 2.45) is 0 Å². The third kappa shape index (κ3) is 3.89. The molecule has 4 rings (SSSR count). The predicted octanol–water partition coefficient (Wildman–Crippen LogP) is 3.76. The van der Waals surface area contributed by atoms with Crippen molar-refractivity contribution in [3.63, 3.8) is 0 Å². The Balaban J connectivity index is 1.89. The van der Waals surface area contributed by atoms with E-state index in [9.17, 15) is 24.2 Å². The maximum absolute atomic E-state index is 14.3. The molecule has 0 aliphatic carbocycles. The highest BCUT2D eigenvalue weighted by molar-refractivity contribution is 6.46. The number of aliphatic hydroxyl groups excluding tert-OH is 1. The molecule has 1 atom stereocenters. The van der Waals surface area contributed by atoms with Gasteiger partial charge in [-0.2, -0.15) is 0 Å². The molecule has 0 saturated carbocycles. The number of likely N-dealkylation sites (tertiary alicyclic amines) is 1. The van der Waals surface area contributed by atoms with Gasteiger partial charge >= 0.3 is 0 Å². The first-order chi connectivity index (χ1) is 15.8. The average Bonchev–Trinajstić information content (AvgIpc) is 3.41. The van der Waals surface area contributed by atoms with Crippen LogP contribution in [0.5, 0.6) is 17.2 Å². The highest BCUT2D eigenvalue weighted by Crippen LogP contribution is 2.42. The second-order valence-corrected chi connectivity index (χ2v) is 7.29. The summed E-state index contributed by atoms with van der Waals surface area (Å²) >= 11 is 0. The number of amides is 1. The van der Waals surface area contributed by atoms with Crippen LogP contribution in [-0.2, 0) is 16.1 Å². The third-order valence-electron chi connectivity index (χ3n) is 5.39. The van der Waals surface area contributed by atoms with Gasteiger partial charge in [-0.15, -0.1) is 0 Å². The van der Waals surface area contributed by atoms with Gasteiger partial charge < -0.3 is 29.0 Å². The maximum atomic E-state index is 14.3. The number of rotatable bonds is 6. The van der Waals surface area contributed by atoms with Gasteiger partial charge in [0.1, 0.15) is 11.5 Å². The molecule has 0 spiro atoms. The largest absolute Gasteiger partial charge is 0.507 e. The number of phenolic OH excluding ortho intramolecular Hbond substituents is 1. The molecule has 1 aliphatic heterocycles. The van der Waals surface area contributed by atoms with Crippen molar-refractivity contribution in [2.75, 3.05) is 14.2 Å². The van der Waals surface area contributed by atoms with Gasteiger partial charge in [0, 0.05) is 5.56 Å². The number of carbonyl (C=O) groups excluding carboxylic acids is 2. The van der Waals surface area contributed by atoms with E-state index in [1.807, 2.05) is 0 Å². The van der Waals surface area contributed by atoms with Gasteiger partial charge in [0.25, 0.3) is 11.7 Å². The van der Waals surface area contributed by atoms with Crippen LogP contribution in [0.2, 0.25) is 0 Å². The Morgan fingerprint density at radius 2 is 1.85 bits per heavy atom. The van der Waals surface area contributed by atoms with Gasteiger partial charge in [0.15, 0.2) is 23.1 Å². The van der Waals surface area contributed by atoms with E-state index in [0.29, 0.717) is 11.3 Å². The number of ether oxygens (including phenoxy) is 2. The number of nitrogens with zero attached hydrogens (tertiary/aromatic N) is 1. The Bertz CT molecular complexity index is 1250. The summed E-state index contributed by atoms with van der Waals surface area (Å²) in [7, 11) is 2.66. The molecule has 1 aromatic heterocycles. The van der Waals surface area contributed by atoms with Gasteiger partial charge in [0.05, 0.1) is 38.6 Å². The molecule has 1 aliphatic rings. The Hall–Kier alpha value is -4.27. The van der Waals surface area contributed by atoms with Crippen LogP contribution < -0.4 is 9.47 Å². The standard InChI is InChI=1S/C24H20FNO7/c1-31-18-8-6-14(10-16(18)25)22(28)20-21(13-5-7-17(27)19(11-13)32-2)26(24(30)23(20)29)12-15-4-3-9-33-15/h3-11,21,27-28H,12H2,1-2H3/b22-20-. The van der Waals surface area contributed by atoms with Crippen molar-refractivity contribution in [2.45, 2.75) is 12.6 Å². The predicted molar refractivity (Wildman–Crippen MR) is 114 cm³/mol. The van der Waals surface area contributed by atoms with Gasteiger partial charge in [-0.25, -0.2) is 4.39 Å². The zero-order chi connectivity index (χ0) is 23.7. The quantitative estimate of drug-likeness (QED) is 0.332. The fourth-order valence-corrected chi connectivity index (χ4v) is 3.79. The number of phenols is 1. The lowest BCUT2D eigenvalue weighted by Gasteiger charge is -2.25. The van der Waals surface area contributed by atoms with E-state index >= 15 is 0 Å². The monoisotopic (exact) mass is 453 g/mol. The van der Waals surface area contributed by atoms with Crippen LogP contribution in [0.25, 0.3) is 5.76 Å². The number of hydrogen-bond acceptors (Lipinski definition) is 7. The van der Waals surface area contributed by atoms with Crippen molar-refractivity contribution >= 4 is 17.4 Å². The zero-order valence-electron chi connectivity index (χ0n) is 17.7.